The van der Waals surface area contributed by atoms with Crippen molar-refractivity contribution in [1.29, 1.82) is 0 Å². The first-order chi connectivity index (χ1) is 12.4. The maximum absolute atomic E-state index is 10.1. The summed E-state index contributed by atoms with van der Waals surface area (Å²) >= 11 is 0. The molecular weight excluding hydrogens is 340 g/mol. The number of ether oxygens (including phenoxy) is 1. The van der Waals surface area contributed by atoms with Gasteiger partial charge in [0.15, 0.2) is 0 Å². The van der Waals surface area contributed by atoms with Crippen LogP contribution in [-0.4, -0.2) is 60.9 Å². The average molecular weight is 366 g/mol. The van der Waals surface area contributed by atoms with Gasteiger partial charge in [-0.25, -0.2) is 9.59 Å². The fourth-order valence-electron chi connectivity index (χ4n) is 1.36. The third kappa shape index (κ3) is 11.4. The van der Waals surface area contributed by atoms with Gasteiger partial charge in [-0.05, 0) is 31.0 Å². The number of aliphatic imine (C=N–C) groups is 2. The highest BCUT2D eigenvalue weighted by molar-refractivity contribution is 5.78. The van der Waals surface area contributed by atoms with Crippen LogP contribution in [0.2, 0.25) is 0 Å². The van der Waals surface area contributed by atoms with E-state index in [1.165, 1.54) is 19.1 Å². The maximum atomic E-state index is 10.1. The lowest BCUT2D eigenvalue weighted by Gasteiger charge is -1.92. The van der Waals surface area contributed by atoms with Crippen molar-refractivity contribution in [3.8, 4) is 0 Å². The summed E-state index contributed by atoms with van der Waals surface area (Å²) in [5, 5.41) is 16.0. The van der Waals surface area contributed by atoms with E-state index in [0.717, 1.165) is 24.2 Å². The molecule has 2 atom stereocenters. The number of fused-ring (bicyclic) bond motifs is 1. The van der Waals surface area contributed by atoms with Gasteiger partial charge in [-0.15, -0.1) is 0 Å². The highest BCUT2D eigenvalue weighted by atomic mass is 16.6. The average Bonchev–Trinajstić information content (AvgIpc) is 3.55. The van der Waals surface area contributed by atoms with Crippen LogP contribution < -0.4 is 11.5 Å². The number of hydrogen-bond donors (Lipinski definition) is 4. The third-order valence-electron chi connectivity index (χ3n) is 2.86. The molecule has 144 valence electrons. The predicted octanol–water partition coefficient (Wildman–Crippen LogP) is 0.194. The Kier molecular flexibility index (Phi) is 12.8. The monoisotopic (exact) mass is 366 g/mol. The van der Waals surface area contributed by atoms with Gasteiger partial charge in [0.05, 0.1) is 25.4 Å². The molecule has 2 aliphatic rings. The molecule has 9 heteroatoms. The molecule has 9 nitrogen and oxygen atoms in total. The second-order valence-corrected chi connectivity index (χ2v) is 5.41. The molecule has 1 fully saturated rings. The first-order valence-corrected chi connectivity index (χ1v) is 8.06. The van der Waals surface area contributed by atoms with Crippen molar-refractivity contribution < 1.29 is 24.5 Å². The van der Waals surface area contributed by atoms with E-state index in [1.807, 2.05) is 6.07 Å². The summed E-state index contributed by atoms with van der Waals surface area (Å²) in [4.78, 5) is 27.0. The number of benzene rings is 1. The number of aliphatic hydroxyl groups excluding tert-OH is 2. The Balaban J connectivity index is 0.000000396. The normalized spacial score (nSPS) is 15.5. The van der Waals surface area contributed by atoms with Gasteiger partial charge in [-0.1, -0.05) is 6.07 Å². The van der Waals surface area contributed by atoms with Crippen molar-refractivity contribution in [2.75, 3.05) is 26.3 Å². The predicted molar refractivity (Wildman–Crippen MR) is 97.1 cm³/mol. The van der Waals surface area contributed by atoms with Gasteiger partial charge in [-0.3, -0.25) is 0 Å². The number of epoxide rings is 1. The van der Waals surface area contributed by atoms with Gasteiger partial charge in [0.25, 0.3) is 0 Å². The molecular formula is C17H26N4O5. The minimum atomic E-state index is -0.560. The number of rotatable bonds is 4. The van der Waals surface area contributed by atoms with E-state index in [0.29, 0.717) is 30.6 Å². The van der Waals surface area contributed by atoms with Crippen molar-refractivity contribution in [3.63, 3.8) is 0 Å². The van der Waals surface area contributed by atoms with E-state index >= 15 is 0 Å². The smallest absolute Gasteiger partial charge is 0.240 e. The lowest BCUT2D eigenvalue weighted by atomic mass is 10.3. The van der Waals surface area contributed by atoms with Crippen molar-refractivity contribution in [3.05, 3.63) is 23.3 Å². The number of hydrogen-bond acceptors (Lipinski definition) is 9. The van der Waals surface area contributed by atoms with Crippen LogP contribution in [0, 0.1) is 0 Å². The quantitative estimate of drug-likeness (QED) is 0.341. The first kappa shape index (κ1) is 23.8. The topological polar surface area (TPSA) is 164 Å². The van der Waals surface area contributed by atoms with Crippen molar-refractivity contribution in [1.82, 2.24) is 0 Å². The number of carbonyl (C=O) groups excluding carboxylic acids is 2. The van der Waals surface area contributed by atoms with E-state index in [9.17, 15) is 9.59 Å². The number of nitrogens with zero attached hydrogens (tertiary/aromatic N) is 2. The molecule has 26 heavy (non-hydrogen) atoms. The number of isocyanates is 2. The van der Waals surface area contributed by atoms with Crippen LogP contribution in [0.1, 0.15) is 25.0 Å². The lowest BCUT2D eigenvalue weighted by Crippen LogP contribution is -2.11. The van der Waals surface area contributed by atoms with Crippen molar-refractivity contribution in [2.24, 2.45) is 21.5 Å². The molecule has 0 amide bonds. The van der Waals surface area contributed by atoms with Gasteiger partial charge < -0.3 is 26.4 Å². The molecule has 3 rings (SSSR count). The zero-order valence-corrected chi connectivity index (χ0v) is 15.0. The van der Waals surface area contributed by atoms with Crippen LogP contribution in [0.15, 0.2) is 22.1 Å². The molecule has 0 bridgehead atoms. The van der Waals surface area contributed by atoms with Crippen molar-refractivity contribution in [2.45, 2.75) is 32.5 Å². The molecule has 1 saturated heterocycles. The molecule has 1 heterocycles. The molecule has 2 unspecified atom stereocenters. The SMILES string of the molecule is CC(O)CO.CC1CO1.NCCN.O=C=Nc1ccc2c(c1N=C=O)C2. The standard InChI is InChI=1S/C9H4N2O2.C3H8O2.C3H6O.C2H8N2/c12-4-10-8-2-1-6-3-7(6)9(8)11-5-13;1-3(5)2-4;1-3-2-4-3;3-1-2-4/h1-2H,3H2;3-5H,2H2,1H3;3H,2H2,1H3;1-4H2. The van der Waals surface area contributed by atoms with Gasteiger partial charge in [0.1, 0.15) is 11.4 Å². The Labute approximate surface area is 152 Å². The highest BCUT2D eigenvalue weighted by Gasteiger charge is 2.23. The Bertz CT molecular complexity index is 632. The van der Waals surface area contributed by atoms with E-state index in [2.05, 4.69) is 16.9 Å². The lowest BCUT2D eigenvalue weighted by molar-refractivity contribution is 0.110. The van der Waals surface area contributed by atoms with Crippen LogP contribution in [-0.2, 0) is 20.7 Å². The van der Waals surface area contributed by atoms with E-state index in [4.69, 9.17) is 26.4 Å². The Morgan fingerprint density at radius 2 is 1.77 bits per heavy atom. The van der Waals surface area contributed by atoms with E-state index < -0.39 is 6.10 Å². The molecule has 6 N–H and O–H groups in total. The molecule has 0 spiro atoms. The van der Waals surface area contributed by atoms with Gasteiger partial charge in [0, 0.05) is 19.5 Å². The summed E-state index contributed by atoms with van der Waals surface area (Å²) in [6.45, 7) is 5.62. The summed E-state index contributed by atoms with van der Waals surface area (Å²) in [5.74, 6) is 0. The largest absolute Gasteiger partial charge is 0.394 e. The fourth-order valence-corrected chi connectivity index (χ4v) is 1.36. The van der Waals surface area contributed by atoms with E-state index in [1.54, 1.807) is 6.07 Å². The van der Waals surface area contributed by atoms with Crippen LogP contribution >= 0.6 is 0 Å². The molecule has 1 aliphatic heterocycles. The summed E-state index contributed by atoms with van der Waals surface area (Å²) in [6, 6.07) is 3.50. The highest BCUT2D eigenvalue weighted by Crippen LogP contribution is 2.43. The third-order valence-corrected chi connectivity index (χ3v) is 2.86. The summed E-state index contributed by atoms with van der Waals surface area (Å²) in [6.07, 6.45) is 3.70. The second kappa shape index (κ2) is 14.0. The molecule has 0 radical (unpaired) electrons. The summed E-state index contributed by atoms with van der Waals surface area (Å²) < 4.78 is 4.71. The summed E-state index contributed by atoms with van der Waals surface area (Å²) in [7, 11) is 0. The summed E-state index contributed by atoms with van der Waals surface area (Å²) in [5.41, 5.74) is 12.8. The molecule has 0 aromatic heterocycles. The zero-order chi connectivity index (χ0) is 19.9. The van der Waals surface area contributed by atoms with Gasteiger partial charge in [-0.2, -0.15) is 9.98 Å². The van der Waals surface area contributed by atoms with Crippen molar-refractivity contribution >= 4 is 23.5 Å². The molecule has 1 aromatic rings. The molecule has 1 aromatic carbocycles. The Morgan fingerprint density at radius 3 is 2.12 bits per heavy atom. The first-order valence-electron chi connectivity index (χ1n) is 8.06. The van der Waals surface area contributed by atoms with Crippen LogP contribution in [0.4, 0.5) is 11.4 Å². The number of aliphatic hydroxyl groups is 2. The maximum Gasteiger partial charge on any atom is 0.240 e. The molecule has 1 aliphatic carbocycles. The zero-order valence-electron chi connectivity index (χ0n) is 15.0. The van der Waals surface area contributed by atoms with Gasteiger partial charge in [0.2, 0.25) is 12.2 Å². The Morgan fingerprint density at radius 1 is 1.27 bits per heavy atom. The van der Waals surface area contributed by atoms with Crippen LogP contribution in [0.5, 0.6) is 0 Å². The minimum absolute atomic E-state index is 0.139. The van der Waals surface area contributed by atoms with Crippen LogP contribution in [0.25, 0.3) is 0 Å². The fraction of sp³-hybridized carbons (Fsp3) is 0.529. The Hall–Kier alpha value is -2.22. The molecule has 0 saturated carbocycles. The van der Waals surface area contributed by atoms with Gasteiger partial charge >= 0.3 is 0 Å². The minimum Gasteiger partial charge on any atom is -0.394 e. The van der Waals surface area contributed by atoms with E-state index in [-0.39, 0.29) is 6.61 Å². The number of nitrogens with two attached hydrogens (primary N) is 2. The second-order valence-electron chi connectivity index (χ2n) is 5.41. The van der Waals surface area contributed by atoms with Crippen LogP contribution in [0.3, 0.4) is 0 Å².